The highest BCUT2D eigenvalue weighted by atomic mass is 16.5. The molecule has 38 heavy (non-hydrogen) atoms. The summed E-state index contributed by atoms with van der Waals surface area (Å²) in [6, 6.07) is 0. The molecule has 0 bridgehead atoms. The molecule has 4 aliphatic rings. The number of hydrogen-bond donors (Lipinski definition) is 0. The molecule has 0 aromatic rings. The minimum Gasteiger partial charge on any atom is -0.466 e. The Bertz CT molecular complexity index is 744. The Morgan fingerprint density at radius 2 is 1.61 bits per heavy atom. The largest absolute Gasteiger partial charge is 0.466 e. The first-order valence-electron chi connectivity index (χ1n) is 17.4. The van der Waals surface area contributed by atoms with E-state index < -0.39 is 0 Å². The summed E-state index contributed by atoms with van der Waals surface area (Å²) in [4.78, 5) is 12.1. The van der Waals surface area contributed by atoms with Crippen LogP contribution in [0.25, 0.3) is 0 Å². The van der Waals surface area contributed by atoms with Gasteiger partial charge in [-0.3, -0.25) is 4.79 Å². The summed E-state index contributed by atoms with van der Waals surface area (Å²) in [6.45, 7) is 15.6. The van der Waals surface area contributed by atoms with E-state index in [4.69, 9.17) is 4.74 Å². The molecule has 0 spiro atoms. The Morgan fingerprint density at radius 1 is 0.816 bits per heavy atom. The highest BCUT2D eigenvalue weighted by molar-refractivity contribution is 5.69. The monoisotopic (exact) mass is 528 g/mol. The average Bonchev–Trinajstić information content (AvgIpc) is 3.25. The number of hydrogen-bond acceptors (Lipinski definition) is 2. The molecule has 0 radical (unpaired) electrons. The van der Waals surface area contributed by atoms with Crippen molar-refractivity contribution in [2.75, 3.05) is 6.61 Å². The molecule has 0 N–H and O–H groups in total. The maximum absolute atomic E-state index is 12.1. The minimum atomic E-state index is 0.0219. The summed E-state index contributed by atoms with van der Waals surface area (Å²) >= 11 is 0. The number of ether oxygens (including phenoxy) is 1. The second kappa shape index (κ2) is 13.4. The third-order valence-electron chi connectivity index (χ3n) is 13.3. The lowest BCUT2D eigenvalue weighted by Crippen LogP contribution is -2.53. The van der Waals surface area contributed by atoms with E-state index in [1.807, 2.05) is 0 Å². The van der Waals surface area contributed by atoms with Gasteiger partial charge < -0.3 is 4.74 Å². The molecular weight excluding hydrogens is 464 g/mol. The number of carbonyl (C=O) groups is 1. The summed E-state index contributed by atoms with van der Waals surface area (Å²) in [6.07, 6.45) is 24.0. The summed E-state index contributed by atoms with van der Waals surface area (Å²) in [7, 11) is 0. The lowest BCUT2D eigenvalue weighted by Gasteiger charge is -2.61. The SMILES string of the molecule is CCCCCCC(=O)OCC[C@H](CC[C@@H](C)[C@H]1CC[C@H]2[C@@H]3CCC4CCCC[C@]4(C)[C@H]3CC[C@]12C)C(C)C. The van der Waals surface area contributed by atoms with Crippen LogP contribution in [0.4, 0.5) is 0 Å². The highest BCUT2D eigenvalue weighted by Gasteiger charge is 2.60. The minimum absolute atomic E-state index is 0.0219. The Hall–Kier alpha value is -0.530. The van der Waals surface area contributed by atoms with Crippen molar-refractivity contribution < 1.29 is 9.53 Å². The van der Waals surface area contributed by atoms with Gasteiger partial charge in [-0.25, -0.2) is 0 Å². The molecule has 0 aliphatic heterocycles. The van der Waals surface area contributed by atoms with Crippen molar-refractivity contribution in [3.63, 3.8) is 0 Å². The van der Waals surface area contributed by atoms with E-state index >= 15 is 0 Å². The van der Waals surface area contributed by atoms with Crippen LogP contribution in [0.1, 0.15) is 157 Å². The second-order valence-corrected chi connectivity index (χ2v) is 15.5. The van der Waals surface area contributed by atoms with Crippen LogP contribution in [-0.4, -0.2) is 12.6 Å². The predicted molar refractivity (Wildman–Crippen MR) is 161 cm³/mol. The van der Waals surface area contributed by atoms with Crippen LogP contribution < -0.4 is 0 Å². The number of unbranched alkanes of at least 4 members (excludes halogenated alkanes) is 3. The Balaban J connectivity index is 1.27. The van der Waals surface area contributed by atoms with E-state index in [9.17, 15) is 4.79 Å². The molecule has 0 saturated heterocycles. The Kier molecular flexibility index (Phi) is 10.7. The average molecular weight is 529 g/mol. The van der Waals surface area contributed by atoms with Gasteiger partial charge >= 0.3 is 5.97 Å². The zero-order valence-electron chi connectivity index (χ0n) is 26.4. The van der Waals surface area contributed by atoms with Crippen molar-refractivity contribution in [3.05, 3.63) is 0 Å². The summed E-state index contributed by atoms with van der Waals surface area (Å²) in [5.74, 6) is 7.17. The van der Waals surface area contributed by atoms with Crippen molar-refractivity contribution in [1.82, 2.24) is 0 Å². The van der Waals surface area contributed by atoms with Gasteiger partial charge in [0.15, 0.2) is 0 Å². The lowest BCUT2D eigenvalue weighted by atomic mass is 9.44. The molecule has 4 saturated carbocycles. The van der Waals surface area contributed by atoms with Gasteiger partial charge in [0.1, 0.15) is 0 Å². The molecule has 2 heteroatoms. The summed E-state index contributed by atoms with van der Waals surface area (Å²) < 4.78 is 5.65. The topological polar surface area (TPSA) is 26.3 Å². The number of rotatable bonds is 13. The van der Waals surface area contributed by atoms with E-state index in [0.29, 0.717) is 35.7 Å². The van der Waals surface area contributed by atoms with Gasteiger partial charge in [0.2, 0.25) is 0 Å². The predicted octanol–water partition coefficient (Wildman–Crippen LogP) is 10.6. The molecule has 220 valence electrons. The fraction of sp³-hybridized carbons (Fsp3) is 0.972. The van der Waals surface area contributed by atoms with Crippen molar-refractivity contribution >= 4 is 5.97 Å². The van der Waals surface area contributed by atoms with E-state index in [1.54, 1.807) is 6.42 Å². The van der Waals surface area contributed by atoms with Crippen LogP contribution in [0, 0.1) is 58.2 Å². The number of carbonyl (C=O) groups excluding carboxylic acids is 1. The van der Waals surface area contributed by atoms with Crippen LogP contribution in [0.2, 0.25) is 0 Å². The quantitative estimate of drug-likeness (QED) is 0.175. The zero-order chi connectivity index (χ0) is 27.3. The van der Waals surface area contributed by atoms with Crippen molar-refractivity contribution in [2.24, 2.45) is 58.2 Å². The second-order valence-electron chi connectivity index (χ2n) is 15.5. The zero-order valence-corrected chi connectivity index (χ0v) is 26.4. The normalized spacial score (nSPS) is 38.2. The third-order valence-corrected chi connectivity index (χ3v) is 13.3. The standard InChI is InChI=1S/C36H64O2/c1-7-8-9-10-14-34(37)38-25-22-28(26(2)3)16-15-27(4)31-19-20-32-30-18-17-29-13-11-12-23-35(29,5)33(30)21-24-36(31,32)6/h26-33H,7-25H2,1-6H3/t27-,28+,29?,30+,31-,32+,33+,35+,36-/m1/s1. The first kappa shape index (κ1) is 30.4. The summed E-state index contributed by atoms with van der Waals surface area (Å²) in [5, 5.41) is 0. The van der Waals surface area contributed by atoms with Crippen molar-refractivity contribution in [3.8, 4) is 0 Å². The van der Waals surface area contributed by atoms with Crippen LogP contribution in [-0.2, 0) is 9.53 Å². The molecule has 0 amide bonds. The maximum atomic E-state index is 12.1. The van der Waals surface area contributed by atoms with Gasteiger partial charge in [-0.15, -0.1) is 0 Å². The molecule has 4 aliphatic carbocycles. The van der Waals surface area contributed by atoms with E-state index in [1.165, 1.54) is 83.5 Å². The van der Waals surface area contributed by atoms with Gasteiger partial charge in [-0.05, 0) is 129 Å². The molecule has 9 atom stereocenters. The molecular formula is C36H64O2. The molecule has 0 heterocycles. The van der Waals surface area contributed by atoms with Crippen LogP contribution in [0.5, 0.6) is 0 Å². The van der Waals surface area contributed by atoms with E-state index in [-0.39, 0.29) is 5.97 Å². The van der Waals surface area contributed by atoms with Gasteiger partial charge in [0, 0.05) is 6.42 Å². The fourth-order valence-corrected chi connectivity index (χ4v) is 10.9. The van der Waals surface area contributed by atoms with Gasteiger partial charge in [0.25, 0.3) is 0 Å². The molecule has 0 aromatic carbocycles. The van der Waals surface area contributed by atoms with Gasteiger partial charge in [0.05, 0.1) is 6.61 Å². The number of fused-ring (bicyclic) bond motifs is 5. The van der Waals surface area contributed by atoms with Crippen LogP contribution in [0.15, 0.2) is 0 Å². The first-order chi connectivity index (χ1) is 18.2. The van der Waals surface area contributed by atoms with Crippen molar-refractivity contribution in [2.45, 2.75) is 157 Å². The van der Waals surface area contributed by atoms with Crippen LogP contribution in [0.3, 0.4) is 0 Å². The third kappa shape index (κ3) is 6.51. The van der Waals surface area contributed by atoms with Gasteiger partial charge in [-0.1, -0.05) is 80.1 Å². The Labute approximate surface area is 237 Å². The molecule has 2 nitrogen and oxygen atoms in total. The fourth-order valence-electron chi connectivity index (χ4n) is 10.9. The molecule has 0 aromatic heterocycles. The van der Waals surface area contributed by atoms with Crippen LogP contribution >= 0.6 is 0 Å². The first-order valence-corrected chi connectivity index (χ1v) is 17.4. The summed E-state index contributed by atoms with van der Waals surface area (Å²) in [5.41, 5.74) is 1.24. The smallest absolute Gasteiger partial charge is 0.305 e. The molecule has 4 fully saturated rings. The maximum Gasteiger partial charge on any atom is 0.305 e. The lowest BCUT2D eigenvalue weighted by molar-refractivity contribution is -0.144. The molecule has 4 rings (SSSR count). The molecule has 1 unspecified atom stereocenters. The van der Waals surface area contributed by atoms with E-state index in [2.05, 4.69) is 41.5 Å². The van der Waals surface area contributed by atoms with Gasteiger partial charge in [-0.2, -0.15) is 0 Å². The van der Waals surface area contributed by atoms with Crippen molar-refractivity contribution in [1.29, 1.82) is 0 Å². The number of esters is 1. The highest BCUT2D eigenvalue weighted by Crippen LogP contribution is 2.68. The van der Waals surface area contributed by atoms with E-state index in [0.717, 1.165) is 54.8 Å². The Morgan fingerprint density at radius 3 is 2.37 bits per heavy atom.